The summed E-state index contributed by atoms with van der Waals surface area (Å²) >= 11 is 0. The van der Waals surface area contributed by atoms with Crippen molar-refractivity contribution < 1.29 is 28.7 Å². The van der Waals surface area contributed by atoms with Gasteiger partial charge in [0, 0.05) is 24.6 Å². The second-order valence-electron chi connectivity index (χ2n) is 10.3. The van der Waals surface area contributed by atoms with Crippen LogP contribution in [0.4, 0.5) is 10.5 Å². The Morgan fingerprint density at radius 2 is 1.65 bits per heavy atom. The van der Waals surface area contributed by atoms with E-state index in [1.165, 1.54) is 0 Å². The predicted molar refractivity (Wildman–Crippen MR) is 140 cm³/mol. The van der Waals surface area contributed by atoms with Gasteiger partial charge < -0.3 is 32.2 Å². The Morgan fingerprint density at radius 3 is 2.16 bits per heavy atom. The van der Waals surface area contributed by atoms with E-state index in [2.05, 4.69) is 16.0 Å². The molecule has 1 rings (SSSR count). The molecule has 0 fully saturated rings. The van der Waals surface area contributed by atoms with E-state index in [4.69, 9.17) is 16.2 Å². The molecule has 0 saturated heterocycles. The van der Waals surface area contributed by atoms with Crippen molar-refractivity contribution in [2.45, 2.75) is 66.5 Å². The molecule has 0 radical (unpaired) electrons. The predicted octanol–water partition coefficient (Wildman–Crippen LogP) is 1.84. The number of nitrogens with two attached hydrogens (primary N) is 2. The standard InChI is InChI=1S/C26H41N5O6/c1-16(2)22(31-21(33)14-27)20(32)13-18(7-6-12-29-25(28)36)23(34)30-19-10-8-17(9-11-19)15-37-24(35)26(3,4)5/h8-11,16,18,22H,6-7,12-15,27H2,1-5H3,(H,30,34)(H,31,33)(H3,28,29,36). The van der Waals surface area contributed by atoms with Gasteiger partial charge in [0.1, 0.15) is 6.61 Å². The fourth-order valence-corrected chi connectivity index (χ4v) is 3.40. The quantitative estimate of drug-likeness (QED) is 0.183. The van der Waals surface area contributed by atoms with Gasteiger partial charge in [-0.15, -0.1) is 0 Å². The lowest BCUT2D eigenvalue weighted by Crippen LogP contribution is -2.47. The molecule has 37 heavy (non-hydrogen) atoms. The molecule has 0 spiro atoms. The van der Waals surface area contributed by atoms with Crippen molar-refractivity contribution in [3.63, 3.8) is 0 Å². The van der Waals surface area contributed by atoms with E-state index in [1.807, 2.05) is 0 Å². The molecular formula is C26H41N5O6. The number of hydrogen-bond acceptors (Lipinski definition) is 7. The zero-order valence-corrected chi connectivity index (χ0v) is 22.4. The molecule has 0 aliphatic carbocycles. The van der Waals surface area contributed by atoms with Crippen molar-refractivity contribution in [2.75, 3.05) is 18.4 Å². The molecule has 2 atom stereocenters. The fourth-order valence-electron chi connectivity index (χ4n) is 3.40. The molecule has 0 aromatic heterocycles. The number of hydrogen-bond donors (Lipinski definition) is 5. The van der Waals surface area contributed by atoms with Crippen LogP contribution in [-0.2, 0) is 30.5 Å². The number of anilines is 1. The lowest BCUT2D eigenvalue weighted by molar-refractivity contribution is -0.154. The lowest BCUT2D eigenvalue weighted by Gasteiger charge is -2.24. The number of nitrogens with one attached hydrogen (secondary N) is 3. The number of amides is 4. The number of carbonyl (C=O) groups is 5. The van der Waals surface area contributed by atoms with Gasteiger partial charge in [0.15, 0.2) is 5.78 Å². The highest BCUT2D eigenvalue weighted by molar-refractivity contribution is 5.97. The number of urea groups is 1. The van der Waals surface area contributed by atoms with E-state index in [-0.39, 0.29) is 49.7 Å². The Morgan fingerprint density at radius 1 is 1.03 bits per heavy atom. The number of carbonyl (C=O) groups excluding carboxylic acids is 5. The van der Waals surface area contributed by atoms with E-state index in [9.17, 15) is 24.0 Å². The summed E-state index contributed by atoms with van der Waals surface area (Å²) < 4.78 is 5.30. The molecule has 0 aliphatic rings. The summed E-state index contributed by atoms with van der Waals surface area (Å²) in [6.45, 7) is 9.03. The van der Waals surface area contributed by atoms with Crippen molar-refractivity contribution in [2.24, 2.45) is 28.7 Å². The zero-order chi connectivity index (χ0) is 28.2. The third kappa shape index (κ3) is 11.9. The van der Waals surface area contributed by atoms with Gasteiger partial charge in [-0.1, -0.05) is 26.0 Å². The fraction of sp³-hybridized carbons (Fsp3) is 0.577. The van der Waals surface area contributed by atoms with Crippen LogP contribution < -0.4 is 27.4 Å². The SMILES string of the molecule is CC(C)C(NC(=O)CN)C(=O)CC(CCCNC(N)=O)C(=O)Nc1ccc(COC(=O)C(C)(C)C)cc1. The van der Waals surface area contributed by atoms with Gasteiger partial charge in [-0.25, -0.2) is 4.79 Å². The van der Waals surface area contributed by atoms with Crippen LogP contribution in [0.2, 0.25) is 0 Å². The third-order valence-corrected chi connectivity index (χ3v) is 5.57. The molecule has 0 bridgehead atoms. The first-order chi connectivity index (χ1) is 17.2. The highest BCUT2D eigenvalue weighted by Crippen LogP contribution is 2.20. The normalized spacial score (nSPS) is 12.8. The molecule has 2 unspecified atom stereocenters. The monoisotopic (exact) mass is 519 g/mol. The summed E-state index contributed by atoms with van der Waals surface area (Å²) in [6, 6.07) is 5.40. The average Bonchev–Trinajstić information content (AvgIpc) is 2.82. The Kier molecular flexibility index (Phi) is 12.7. The molecule has 4 amide bonds. The summed E-state index contributed by atoms with van der Waals surface area (Å²) in [5.41, 5.74) is 11.1. The summed E-state index contributed by atoms with van der Waals surface area (Å²) in [4.78, 5) is 60.8. The number of esters is 1. The van der Waals surface area contributed by atoms with Gasteiger partial charge in [-0.05, 0) is 57.2 Å². The molecular weight excluding hydrogens is 478 g/mol. The van der Waals surface area contributed by atoms with Crippen LogP contribution in [0.3, 0.4) is 0 Å². The lowest BCUT2D eigenvalue weighted by atomic mass is 9.89. The summed E-state index contributed by atoms with van der Waals surface area (Å²) in [5, 5.41) is 7.91. The zero-order valence-electron chi connectivity index (χ0n) is 22.4. The number of primary amides is 1. The third-order valence-electron chi connectivity index (χ3n) is 5.57. The molecule has 0 aliphatic heterocycles. The number of ketones is 1. The first kappa shape index (κ1) is 31.6. The van der Waals surface area contributed by atoms with Crippen LogP contribution in [0, 0.1) is 17.3 Å². The summed E-state index contributed by atoms with van der Waals surface area (Å²) in [6.07, 6.45) is 0.638. The van der Waals surface area contributed by atoms with Gasteiger partial charge in [-0.3, -0.25) is 19.2 Å². The number of benzene rings is 1. The molecule has 1 aromatic rings. The highest BCUT2D eigenvalue weighted by Gasteiger charge is 2.29. The molecule has 11 nitrogen and oxygen atoms in total. The molecule has 1 aromatic carbocycles. The van der Waals surface area contributed by atoms with Crippen LogP contribution in [0.15, 0.2) is 24.3 Å². The smallest absolute Gasteiger partial charge is 0.312 e. The maximum Gasteiger partial charge on any atom is 0.312 e. The minimum absolute atomic E-state index is 0.100. The van der Waals surface area contributed by atoms with E-state index in [1.54, 1.807) is 58.9 Å². The van der Waals surface area contributed by atoms with Gasteiger partial charge in [0.05, 0.1) is 18.0 Å². The van der Waals surface area contributed by atoms with Gasteiger partial charge >= 0.3 is 12.0 Å². The van der Waals surface area contributed by atoms with Crippen molar-refractivity contribution in [3.8, 4) is 0 Å². The van der Waals surface area contributed by atoms with Crippen molar-refractivity contribution >= 4 is 35.3 Å². The first-order valence-electron chi connectivity index (χ1n) is 12.4. The van der Waals surface area contributed by atoms with Crippen LogP contribution >= 0.6 is 0 Å². The largest absolute Gasteiger partial charge is 0.460 e. The van der Waals surface area contributed by atoms with Gasteiger partial charge in [0.2, 0.25) is 11.8 Å². The topological polar surface area (TPSA) is 183 Å². The Balaban J connectivity index is 2.89. The van der Waals surface area contributed by atoms with Crippen LogP contribution in [0.5, 0.6) is 0 Å². The molecule has 206 valence electrons. The second kappa shape index (κ2) is 14.9. The second-order valence-corrected chi connectivity index (χ2v) is 10.3. The van der Waals surface area contributed by atoms with Crippen molar-refractivity contribution in [1.29, 1.82) is 0 Å². The average molecular weight is 520 g/mol. The first-order valence-corrected chi connectivity index (χ1v) is 12.4. The van der Waals surface area contributed by atoms with Crippen LogP contribution in [-0.4, -0.2) is 48.7 Å². The van der Waals surface area contributed by atoms with Gasteiger partial charge in [0.25, 0.3) is 0 Å². The molecule has 0 saturated carbocycles. The van der Waals surface area contributed by atoms with E-state index in [0.29, 0.717) is 18.5 Å². The molecule has 11 heteroatoms. The van der Waals surface area contributed by atoms with Crippen LogP contribution in [0.1, 0.15) is 59.4 Å². The maximum absolute atomic E-state index is 13.1. The Labute approximate surface area is 218 Å². The van der Waals surface area contributed by atoms with E-state index in [0.717, 1.165) is 5.56 Å². The Bertz CT molecular complexity index is 940. The number of ether oxygens (including phenoxy) is 1. The van der Waals surface area contributed by atoms with E-state index < -0.39 is 29.3 Å². The maximum atomic E-state index is 13.1. The van der Waals surface area contributed by atoms with Crippen molar-refractivity contribution in [1.82, 2.24) is 10.6 Å². The van der Waals surface area contributed by atoms with Crippen LogP contribution in [0.25, 0.3) is 0 Å². The summed E-state index contributed by atoms with van der Waals surface area (Å²) in [7, 11) is 0. The van der Waals surface area contributed by atoms with E-state index >= 15 is 0 Å². The van der Waals surface area contributed by atoms with Gasteiger partial charge in [-0.2, -0.15) is 0 Å². The highest BCUT2D eigenvalue weighted by atomic mass is 16.5. The minimum atomic E-state index is -0.773. The molecule has 7 N–H and O–H groups in total. The molecule has 0 heterocycles. The number of rotatable bonds is 14. The minimum Gasteiger partial charge on any atom is -0.460 e. The summed E-state index contributed by atoms with van der Waals surface area (Å²) in [5.74, 6) is -2.31. The Hall–Kier alpha value is -3.47. The number of Topliss-reactive ketones (excluding diaryl/α,β-unsaturated/α-hetero) is 1. The van der Waals surface area contributed by atoms with Crippen molar-refractivity contribution in [3.05, 3.63) is 29.8 Å².